The van der Waals surface area contributed by atoms with Gasteiger partial charge in [-0.05, 0) is 49.3 Å². The molecule has 1 aromatic carbocycles. The lowest BCUT2D eigenvalue weighted by Gasteiger charge is -2.29. The molecule has 1 aliphatic rings. The summed E-state index contributed by atoms with van der Waals surface area (Å²) in [6.07, 6.45) is -0.910. The van der Waals surface area contributed by atoms with Gasteiger partial charge in [-0.15, -0.1) is 0 Å². The quantitative estimate of drug-likeness (QED) is 0.0624. The Morgan fingerprint density at radius 3 is 2.03 bits per heavy atom. The minimum Gasteiger partial charge on any atom is -0.508 e. The fourth-order valence-corrected chi connectivity index (χ4v) is 6.82. The molecule has 0 aromatic heterocycles. The van der Waals surface area contributed by atoms with E-state index < -0.39 is 152 Å². The number of nitrogens with one attached hydrogen (secondary N) is 8. The third kappa shape index (κ3) is 20.4. The van der Waals surface area contributed by atoms with Crippen LogP contribution in [0, 0.1) is 5.92 Å². The van der Waals surface area contributed by atoms with Crippen molar-refractivity contribution in [2.45, 2.75) is 128 Å². The second kappa shape index (κ2) is 28.6. The number of hydrogen-bond acceptors (Lipinski definition) is 13. The van der Waals surface area contributed by atoms with Gasteiger partial charge in [-0.1, -0.05) is 52.2 Å². The Bertz CT molecular complexity index is 2000. The minimum atomic E-state index is -1.80. The maximum Gasteiger partial charge on any atom is 0.245 e. The molecule has 0 saturated carbocycles. The summed E-state index contributed by atoms with van der Waals surface area (Å²) >= 11 is 0. The highest BCUT2D eigenvalue weighted by molar-refractivity contribution is 5.99. The molecule has 0 aliphatic carbocycles. The Morgan fingerprint density at radius 2 is 1.43 bits per heavy atom. The Hall–Kier alpha value is -7.34. The van der Waals surface area contributed by atoms with Crippen molar-refractivity contribution in [3.05, 3.63) is 29.8 Å². The van der Waals surface area contributed by atoms with E-state index in [1.807, 2.05) is 6.92 Å². The Balaban J connectivity index is 2.57. The van der Waals surface area contributed by atoms with Crippen molar-refractivity contribution in [1.82, 2.24) is 47.4 Å². The number of carbonyl (C=O) groups excluding carboxylic acids is 12. The monoisotopic (exact) mass is 958 g/mol. The van der Waals surface area contributed by atoms with Crippen LogP contribution in [-0.2, 0) is 64.0 Å². The molecule has 0 radical (unpaired) electrons. The van der Waals surface area contributed by atoms with E-state index in [1.165, 1.54) is 31.3 Å². The second-order valence-electron chi connectivity index (χ2n) is 16.5. The number of nitrogens with zero attached hydrogens (tertiary/aromatic N) is 1. The first-order valence-electron chi connectivity index (χ1n) is 22.3. The molecule has 0 unspecified atom stereocenters. The number of aromatic hydroxyl groups is 1. The Morgan fingerprint density at radius 1 is 0.794 bits per heavy atom. The number of unbranched alkanes of at least 4 members (excludes halogenated alkanes) is 1. The van der Waals surface area contributed by atoms with Crippen molar-refractivity contribution in [1.29, 1.82) is 0 Å². The predicted molar refractivity (Wildman–Crippen MR) is 241 cm³/mol. The standard InChI is InChI=1S/C43H66N12O13/c1-5-7-9-26(38(63)48-20-33(46)59)49-36(62)22-55(4)43(68)28-10-8-11-34(60)47-21-35(61)50-29(18-24-12-14-25(56)15-13-24)41(66)54-37(23(3)6-2)42(67)51-27(16-17-31(44)57)39(64)53-30(19-32(45)58)40(65)52-28/h12-15,23,26-30,37,56H,5-11,16-22H2,1-4H3,(H2,44,57)(H2,45,58)(H2,46,59)(H,47,60)(H,48,63)(H,49,62)(H,50,61)(H,51,67)(H,52,65)(H,53,64)(H,54,66)/t23-,26-,27-,28-,29-,30-,37-/m0/s1. The van der Waals surface area contributed by atoms with E-state index in [-0.39, 0.29) is 37.9 Å². The number of likely N-dealkylation sites (N-methyl/N-ethyl adjacent to an activating group) is 1. The SMILES string of the molecule is CCCC[C@H](NC(=O)CN(C)C(=O)[C@@H]1CCCC(=O)NCC(=O)N[C@@H](Cc2ccc(O)cc2)C(=O)N[C@@H]([C@@H](C)CC)C(=O)N[C@@H](CCC(N)=O)C(=O)N[C@@H](CC(N)=O)C(=O)N1)C(=O)NCC(N)=O. The highest BCUT2D eigenvalue weighted by atomic mass is 16.3. The van der Waals surface area contributed by atoms with Crippen LogP contribution in [0.5, 0.6) is 5.75 Å². The minimum absolute atomic E-state index is 0.0643. The lowest BCUT2D eigenvalue weighted by Crippen LogP contribution is -2.61. The van der Waals surface area contributed by atoms with Gasteiger partial charge in [0.15, 0.2) is 0 Å². The van der Waals surface area contributed by atoms with Crippen molar-refractivity contribution < 1.29 is 62.6 Å². The fraction of sp³-hybridized carbons (Fsp3) is 0.581. The number of primary amides is 3. The highest BCUT2D eigenvalue weighted by Gasteiger charge is 2.36. The van der Waals surface area contributed by atoms with E-state index in [0.717, 1.165) is 4.90 Å². The molecule has 25 heteroatoms. The number of rotatable bonds is 19. The molecular formula is C43H66N12O13. The average Bonchev–Trinajstić information content (AvgIpc) is 3.27. The van der Waals surface area contributed by atoms with Crippen molar-refractivity contribution in [2.24, 2.45) is 23.1 Å². The van der Waals surface area contributed by atoms with Gasteiger partial charge in [0.1, 0.15) is 42.0 Å². The van der Waals surface area contributed by atoms with Crippen LogP contribution in [0.4, 0.5) is 0 Å². The molecule has 2 rings (SSSR count). The van der Waals surface area contributed by atoms with Gasteiger partial charge in [0.05, 0.1) is 26.1 Å². The molecule has 12 amide bonds. The van der Waals surface area contributed by atoms with Crippen LogP contribution in [0.15, 0.2) is 24.3 Å². The maximum atomic E-state index is 14.0. The fourth-order valence-electron chi connectivity index (χ4n) is 6.82. The molecule has 0 bridgehead atoms. The zero-order valence-electron chi connectivity index (χ0n) is 38.8. The number of carbonyl (C=O) groups is 12. The van der Waals surface area contributed by atoms with E-state index in [2.05, 4.69) is 42.5 Å². The number of amides is 12. The predicted octanol–water partition coefficient (Wildman–Crippen LogP) is -4.42. The lowest BCUT2D eigenvalue weighted by molar-refractivity contribution is -0.140. The molecule has 376 valence electrons. The van der Waals surface area contributed by atoms with Crippen molar-refractivity contribution in [3.63, 3.8) is 0 Å². The van der Waals surface area contributed by atoms with Crippen LogP contribution in [-0.4, -0.2) is 144 Å². The summed E-state index contributed by atoms with van der Waals surface area (Å²) in [4.78, 5) is 158. The molecule has 1 fully saturated rings. The van der Waals surface area contributed by atoms with Crippen LogP contribution in [0.1, 0.15) is 90.5 Å². The lowest BCUT2D eigenvalue weighted by atomic mass is 9.96. The van der Waals surface area contributed by atoms with Crippen LogP contribution < -0.4 is 59.7 Å². The van der Waals surface area contributed by atoms with Gasteiger partial charge in [0.2, 0.25) is 70.9 Å². The number of phenolic OH excluding ortho intramolecular Hbond substituents is 1. The first-order valence-corrected chi connectivity index (χ1v) is 22.3. The van der Waals surface area contributed by atoms with Gasteiger partial charge in [-0.3, -0.25) is 57.5 Å². The highest BCUT2D eigenvalue weighted by Crippen LogP contribution is 2.15. The van der Waals surface area contributed by atoms with Crippen molar-refractivity contribution in [3.8, 4) is 5.75 Å². The molecular weight excluding hydrogens is 893 g/mol. The Kier molecular flexibility index (Phi) is 23.9. The smallest absolute Gasteiger partial charge is 0.245 e. The molecule has 7 atom stereocenters. The van der Waals surface area contributed by atoms with E-state index in [0.29, 0.717) is 24.8 Å². The zero-order valence-corrected chi connectivity index (χ0v) is 38.8. The molecule has 25 nitrogen and oxygen atoms in total. The Labute approximate surface area is 393 Å². The summed E-state index contributed by atoms with van der Waals surface area (Å²) in [6, 6.07) is -3.00. The third-order valence-corrected chi connectivity index (χ3v) is 10.8. The molecule has 68 heavy (non-hydrogen) atoms. The van der Waals surface area contributed by atoms with Gasteiger partial charge in [0.25, 0.3) is 0 Å². The third-order valence-electron chi connectivity index (χ3n) is 10.8. The van der Waals surface area contributed by atoms with Crippen LogP contribution in [0.2, 0.25) is 0 Å². The summed E-state index contributed by atoms with van der Waals surface area (Å²) in [6.45, 7) is 3.44. The average molecular weight is 959 g/mol. The number of nitrogens with two attached hydrogens (primary N) is 3. The molecule has 15 N–H and O–H groups in total. The summed E-state index contributed by atoms with van der Waals surface area (Å²) in [5.74, 6) is -11.3. The van der Waals surface area contributed by atoms with E-state index in [9.17, 15) is 62.6 Å². The van der Waals surface area contributed by atoms with Gasteiger partial charge in [-0.2, -0.15) is 0 Å². The summed E-state index contributed by atoms with van der Waals surface area (Å²) in [7, 11) is 1.21. The van der Waals surface area contributed by atoms with Crippen LogP contribution in [0.25, 0.3) is 0 Å². The summed E-state index contributed by atoms with van der Waals surface area (Å²) < 4.78 is 0. The van der Waals surface area contributed by atoms with Gasteiger partial charge in [-0.25, -0.2) is 0 Å². The largest absolute Gasteiger partial charge is 0.508 e. The normalized spacial score (nSPS) is 21.0. The van der Waals surface area contributed by atoms with Gasteiger partial charge in [0, 0.05) is 26.3 Å². The van der Waals surface area contributed by atoms with Gasteiger partial charge >= 0.3 is 0 Å². The molecule has 1 aromatic rings. The van der Waals surface area contributed by atoms with Crippen LogP contribution in [0.3, 0.4) is 0 Å². The summed E-state index contributed by atoms with van der Waals surface area (Å²) in [5.41, 5.74) is 16.4. The maximum absolute atomic E-state index is 14.0. The van der Waals surface area contributed by atoms with Crippen molar-refractivity contribution in [2.75, 3.05) is 26.7 Å². The first-order chi connectivity index (χ1) is 32.0. The molecule has 1 aliphatic heterocycles. The number of phenols is 1. The van der Waals surface area contributed by atoms with Crippen molar-refractivity contribution >= 4 is 70.9 Å². The van der Waals surface area contributed by atoms with E-state index in [4.69, 9.17) is 17.2 Å². The first kappa shape index (κ1) is 56.8. The second-order valence-corrected chi connectivity index (χ2v) is 16.5. The van der Waals surface area contributed by atoms with E-state index >= 15 is 0 Å². The number of benzene rings is 1. The van der Waals surface area contributed by atoms with Crippen LogP contribution >= 0.6 is 0 Å². The molecule has 1 heterocycles. The number of hydrogen-bond donors (Lipinski definition) is 12. The van der Waals surface area contributed by atoms with Gasteiger partial charge < -0.3 is 69.7 Å². The topological polar surface area (TPSA) is 403 Å². The summed E-state index contributed by atoms with van der Waals surface area (Å²) in [5, 5.41) is 29.5. The zero-order chi connectivity index (χ0) is 51.1. The molecule has 1 saturated heterocycles. The van der Waals surface area contributed by atoms with E-state index in [1.54, 1.807) is 13.8 Å². The molecule has 0 spiro atoms.